The van der Waals surface area contributed by atoms with Crippen molar-refractivity contribution >= 4 is 28.6 Å². The lowest BCUT2D eigenvalue weighted by molar-refractivity contribution is -0.113. The Hall–Kier alpha value is -2.10. The molecule has 2 aromatic rings. The summed E-state index contributed by atoms with van der Waals surface area (Å²) in [5.74, 6) is -2.10. The van der Waals surface area contributed by atoms with Crippen molar-refractivity contribution < 1.29 is 13.6 Å². The maximum atomic E-state index is 13.9. The predicted octanol–water partition coefficient (Wildman–Crippen LogP) is 3.45. The first-order valence-electron chi connectivity index (χ1n) is 11.2. The van der Waals surface area contributed by atoms with Crippen LogP contribution in [0.4, 0.5) is 8.78 Å². The number of aromatic nitrogens is 1. The summed E-state index contributed by atoms with van der Waals surface area (Å²) in [6.07, 6.45) is 7.43. The van der Waals surface area contributed by atoms with Crippen molar-refractivity contribution in [3.8, 4) is 0 Å². The molecule has 32 heavy (non-hydrogen) atoms. The number of hydrogen-bond acceptors (Lipinski definition) is 5. The first-order chi connectivity index (χ1) is 15.4. The Morgan fingerprint density at radius 1 is 1.25 bits per heavy atom. The molecular formula is C23H31F2N5OS. The van der Waals surface area contributed by atoms with E-state index < -0.39 is 17.5 Å². The number of piperazine rings is 1. The summed E-state index contributed by atoms with van der Waals surface area (Å²) in [5, 5.41) is 0.701. The Balaban J connectivity index is 1.64. The SMILES string of the molecule is CCCCC(Cc1c[nH]c2cc(F)c(F)cc12)N1C=C(C(N)=O)SC1N1CCN(C)CC1. The van der Waals surface area contributed by atoms with E-state index in [0.717, 1.165) is 51.0 Å². The van der Waals surface area contributed by atoms with Crippen molar-refractivity contribution in [1.82, 2.24) is 19.7 Å². The monoisotopic (exact) mass is 463 g/mol. The van der Waals surface area contributed by atoms with Crippen molar-refractivity contribution in [3.63, 3.8) is 0 Å². The van der Waals surface area contributed by atoms with Crippen LogP contribution >= 0.6 is 11.8 Å². The third-order valence-electron chi connectivity index (χ3n) is 6.42. The summed E-state index contributed by atoms with van der Waals surface area (Å²) < 4.78 is 27.6. The number of carbonyl (C=O) groups is 1. The molecule has 9 heteroatoms. The lowest BCUT2D eigenvalue weighted by Crippen LogP contribution is -2.53. The summed E-state index contributed by atoms with van der Waals surface area (Å²) in [6.45, 7) is 5.95. The van der Waals surface area contributed by atoms with Crippen LogP contribution in [0.3, 0.4) is 0 Å². The number of benzene rings is 1. The Morgan fingerprint density at radius 2 is 1.97 bits per heavy atom. The van der Waals surface area contributed by atoms with Gasteiger partial charge < -0.3 is 20.5 Å². The second kappa shape index (κ2) is 9.80. The normalized spacial score (nSPS) is 21.3. The average molecular weight is 464 g/mol. The van der Waals surface area contributed by atoms with Gasteiger partial charge in [0.2, 0.25) is 0 Å². The van der Waals surface area contributed by atoms with E-state index in [1.165, 1.54) is 23.9 Å². The summed E-state index contributed by atoms with van der Waals surface area (Å²) >= 11 is 1.52. The number of rotatable bonds is 8. The molecule has 0 bridgehead atoms. The number of nitrogens with one attached hydrogen (secondary N) is 1. The van der Waals surface area contributed by atoms with Crippen LogP contribution < -0.4 is 5.73 Å². The first-order valence-corrected chi connectivity index (χ1v) is 12.1. The van der Waals surface area contributed by atoms with Crippen molar-refractivity contribution in [2.75, 3.05) is 33.2 Å². The number of fused-ring (bicyclic) bond motifs is 1. The van der Waals surface area contributed by atoms with Crippen LogP contribution in [0.1, 0.15) is 31.7 Å². The third kappa shape index (κ3) is 4.79. The van der Waals surface area contributed by atoms with E-state index in [-0.39, 0.29) is 11.5 Å². The summed E-state index contributed by atoms with van der Waals surface area (Å²) in [4.78, 5) is 22.6. The van der Waals surface area contributed by atoms with Crippen LogP contribution in [0, 0.1) is 11.6 Å². The molecule has 0 spiro atoms. The van der Waals surface area contributed by atoms with Crippen LogP contribution in [-0.2, 0) is 11.2 Å². The van der Waals surface area contributed by atoms with E-state index in [2.05, 4.69) is 33.7 Å². The zero-order valence-corrected chi connectivity index (χ0v) is 19.4. The van der Waals surface area contributed by atoms with Crippen molar-refractivity contribution in [1.29, 1.82) is 0 Å². The lowest BCUT2D eigenvalue weighted by atomic mass is 9.99. The number of hydrogen-bond donors (Lipinski definition) is 2. The van der Waals surface area contributed by atoms with Gasteiger partial charge in [-0.3, -0.25) is 9.69 Å². The molecule has 1 aromatic carbocycles. The maximum absolute atomic E-state index is 13.9. The molecule has 3 heterocycles. The van der Waals surface area contributed by atoms with E-state index in [1.807, 2.05) is 12.4 Å². The van der Waals surface area contributed by atoms with Crippen molar-refractivity contribution in [2.24, 2.45) is 5.73 Å². The summed E-state index contributed by atoms with van der Waals surface area (Å²) in [6, 6.07) is 2.59. The van der Waals surface area contributed by atoms with E-state index >= 15 is 0 Å². The van der Waals surface area contributed by atoms with E-state index in [4.69, 9.17) is 5.73 Å². The van der Waals surface area contributed by atoms with Gasteiger partial charge in [-0.05, 0) is 31.5 Å². The molecule has 1 fully saturated rings. The van der Waals surface area contributed by atoms with Gasteiger partial charge in [0.1, 0.15) is 5.50 Å². The van der Waals surface area contributed by atoms with Gasteiger partial charge in [0.05, 0.1) is 4.91 Å². The number of primary amides is 1. The number of nitrogens with zero attached hydrogens (tertiary/aromatic N) is 3. The fraction of sp³-hybridized carbons (Fsp3) is 0.522. The van der Waals surface area contributed by atoms with Gasteiger partial charge in [0.25, 0.3) is 5.91 Å². The van der Waals surface area contributed by atoms with Gasteiger partial charge in [-0.2, -0.15) is 0 Å². The zero-order valence-electron chi connectivity index (χ0n) is 18.6. The van der Waals surface area contributed by atoms with Gasteiger partial charge in [0, 0.05) is 61.6 Å². The number of nitrogens with two attached hydrogens (primary N) is 1. The molecular weight excluding hydrogens is 432 g/mol. The molecule has 6 nitrogen and oxygen atoms in total. The summed E-state index contributed by atoms with van der Waals surface area (Å²) in [5.41, 5.74) is 7.20. The molecule has 2 atom stereocenters. The highest BCUT2D eigenvalue weighted by Gasteiger charge is 2.37. The zero-order chi connectivity index (χ0) is 22.8. The van der Waals surface area contributed by atoms with E-state index in [0.29, 0.717) is 22.2 Å². The van der Waals surface area contributed by atoms with Crippen LogP contribution in [0.5, 0.6) is 0 Å². The maximum Gasteiger partial charge on any atom is 0.256 e. The van der Waals surface area contributed by atoms with E-state index in [9.17, 15) is 13.6 Å². The molecule has 2 aliphatic heterocycles. The van der Waals surface area contributed by atoms with Crippen LogP contribution in [0.25, 0.3) is 10.9 Å². The molecule has 0 saturated carbocycles. The quantitative estimate of drug-likeness (QED) is 0.628. The number of unbranched alkanes of at least 4 members (excludes halogenated alkanes) is 1. The van der Waals surface area contributed by atoms with Gasteiger partial charge in [0.15, 0.2) is 11.6 Å². The highest BCUT2D eigenvalue weighted by atomic mass is 32.2. The van der Waals surface area contributed by atoms with Crippen LogP contribution in [0.15, 0.2) is 29.4 Å². The van der Waals surface area contributed by atoms with Crippen molar-refractivity contribution in [3.05, 3.63) is 46.6 Å². The Labute approximate surface area is 191 Å². The molecule has 174 valence electrons. The minimum atomic E-state index is -0.853. The highest BCUT2D eigenvalue weighted by Crippen LogP contribution is 2.38. The molecule has 1 amide bonds. The van der Waals surface area contributed by atoms with Crippen LogP contribution in [-0.4, -0.2) is 70.4 Å². The molecule has 0 radical (unpaired) electrons. The van der Waals surface area contributed by atoms with Gasteiger partial charge >= 0.3 is 0 Å². The summed E-state index contributed by atoms with van der Waals surface area (Å²) in [7, 11) is 2.12. The fourth-order valence-electron chi connectivity index (χ4n) is 4.51. The number of amides is 1. The second-order valence-corrected chi connectivity index (χ2v) is 9.81. The smallest absolute Gasteiger partial charge is 0.256 e. The first kappa shape index (κ1) is 23.1. The standard InChI is InChI=1S/C23H31F2N5OS/c1-3-4-5-16(10-15-13-27-20-12-19(25)18(24)11-17(15)20)30-14-21(22(26)31)32-23(30)29-8-6-28(2)7-9-29/h11-14,16,23,27H,3-10H2,1-2H3,(H2,26,31). The van der Waals surface area contributed by atoms with Gasteiger partial charge in [-0.25, -0.2) is 8.78 Å². The molecule has 4 rings (SSSR count). The second-order valence-electron chi connectivity index (χ2n) is 8.71. The van der Waals surface area contributed by atoms with E-state index in [1.54, 1.807) is 0 Å². The Morgan fingerprint density at radius 3 is 2.66 bits per heavy atom. The molecule has 1 saturated heterocycles. The third-order valence-corrected chi connectivity index (χ3v) is 7.74. The Bertz CT molecular complexity index is 1000. The number of carbonyl (C=O) groups excluding carboxylic acids is 1. The predicted molar refractivity (Wildman–Crippen MR) is 125 cm³/mol. The molecule has 2 aliphatic rings. The molecule has 1 aromatic heterocycles. The van der Waals surface area contributed by atoms with Crippen molar-refractivity contribution in [2.45, 2.75) is 44.1 Å². The molecule has 2 unspecified atom stereocenters. The minimum Gasteiger partial charge on any atom is -0.365 e. The average Bonchev–Trinajstić information content (AvgIpc) is 3.37. The fourth-order valence-corrected chi connectivity index (χ4v) is 5.75. The number of likely N-dealkylation sites (N-methyl/N-ethyl adjacent to an activating group) is 1. The number of aromatic amines is 1. The number of halogens is 2. The lowest BCUT2D eigenvalue weighted by Gasteiger charge is -2.42. The Kier molecular flexibility index (Phi) is 7.07. The number of H-pyrrole nitrogens is 1. The minimum absolute atomic E-state index is 0.00689. The largest absolute Gasteiger partial charge is 0.365 e. The molecule has 0 aliphatic carbocycles. The topological polar surface area (TPSA) is 68.6 Å². The molecule has 3 N–H and O–H groups in total. The highest BCUT2D eigenvalue weighted by molar-refractivity contribution is 8.04. The van der Waals surface area contributed by atoms with Gasteiger partial charge in [-0.15, -0.1) is 0 Å². The van der Waals surface area contributed by atoms with Crippen LogP contribution in [0.2, 0.25) is 0 Å². The van der Waals surface area contributed by atoms with Gasteiger partial charge in [-0.1, -0.05) is 31.5 Å². The number of thioether (sulfide) groups is 1.